The molecule has 1 saturated heterocycles. The molecule has 0 bridgehead atoms. The summed E-state index contributed by atoms with van der Waals surface area (Å²) in [7, 11) is -2.88. The molecular weight excluding hydrogens is 778 g/mol. The topological polar surface area (TPSA) is 109 Å². The lowest BCUT2D eigenvalue weighted by Crippen LogP contribution is -2.68. The van der Waals surface area contributed by atoms with Crippen LogP contribution in [0.1, 0.15) is 125 Å². The number of carbonyl (C=O) groups is 1. The van der Waals surface area contributed by atoms with Gasteiger partial charge in [0.2, 0.25) is 0 Å². The fraction of sp³-hybridized carbons (Fsp3) is 0.755. The highest BCUT2D eigenvalue weighted by Gasteiger charge is 2.70. The maximum atomic E-state index is 12.8. The Bertz CT molecular complexity index is 1980. The molecule has 8 rings (SSSR count). The average molecular weight is 851 g/mol. The SMILES string of the molecule is C=C(C)[C@@H]1CC[C@]2(NCCN3CCS(=O)(=O)CC3)CC[C@]3(C)[C@H](CC[C@@H]4[C@@]5(C)CC=C(C6=CCC(CCOc7ccnc(Cl)c7)(C(=O)O)CC6)C(C)(C)[C@@H]5CC[C@]43C)[C@@H]12. The molecule has 0 spiro atoms. The number of pyridine rings is 1. The number of allylic oxidation sites excluding steroid dienone is 5. The van der Waals surface area contributed by atoms with E-state index in [0.717, 1.165) is 25.9 Å². The highest BCUT2D eigenvalue weighted by Crippen LogP contribution is 2.76. The predicted octanol–water partition coefficient (Wildman–Crippen LogP) is 9.95. The van der Waals surface area contributed by atoms with Crippen molar-refractivity contribution in [3.05, 3.63) is 58.9 Å². The molecular formula is C49H72ClN3O5S. The van der Waals surface area contributed by atoms with E-state index in [1.807, 2.05) is 0 Å². The number of sulfone groups is 1. The zero-order valence-electron chi connectivity index (χ0n) is 36.9. The number of carboxylic acids is 1. The van der Waals surface area contributed by atoms with Crippen LogP contribution in [0.2, 0.25) is 5.15 Å². The van der Waals surface area contributed by atoms with Gasteiger partial charge in [-0.3, -0.25) is 4.79 Å². The molecule has 59 heavy (non-hydrogen) atoms. The van der Waals surface area contributed by atoms with E-state index in [1.165, 1.54) is 68.1 Å². The molecule has 8 nitrogen and oxygen atoms in total. The molecule has 10 atom stereocenters. The van der Waals surface area contributed by atoms with Crippen molar-refractivity contribution in [3.63, 3.8) is 0 Å². The van der Waals surface area contributed by atoms with E-state index in [4.69, 9.17) is 16.3 Å². The molecule has 326 valence electrons. The first-order valence-corrected chi connectivity index (χ1v) is 25.2. The molecule has 5 fully saturated rings. The molecule has 2 N–H and O–H groups in total. The minimum atomic E-state index is -2.88. The van der Waals surface area contributed by atoms with E-state index in [-0.39, 0.29) is 27.2 Å². The van der Waals surface area contributed by atoms with E-state index in [9.17, 15) is 18.3 Å². The summed E-state index contributed by atoms with van der Waals surface area (Å²) in [5, 5.41) is 15.1. The maximum Gasteiger partial charge on any atom is 0.310 e. The van der Waals surface area contributed by atoms with Crippen molar-refractivity contribution in [1.82, 2.24) is 15.2 Å². The molecule has 0 aromatic carbocycles. The summed E-state index contributed by atoms with van der Waals surface area (Å²) in [4.78, 5) is 19.2. The van der Waals surface area contributed by atoms with Gasteiger partial charge in [0.25, 0.3) is 0 Å². The largest absolute Gasteiger partial charge is 0.493 e. The van der Waals surface area contributed by atoms with E-state index < -0.39 is 21.2 Å². The van der Waals surface area contributed by atoms with Crippen LogP contribution in [0.3, 0.4) is 0 Å². The van der Waals surface area contributed by atoms with Crippen molar-refractivity contribution >= 4 is 27.4 Å². The number of nitrogens with one attached hydrogen (secondary N) is 1. The number of fused-ring (bicyclic) bond motifs is 7. The van der Waals surface area contributed by atoms with Crippen LogP contribution in [0.15, 0.2) is 53.8 Å². The fourth-order valence-corrected chi connectivity index (χ4v) is 17.0. The molecule has 1 aromatic rings. The average Bonchev–Trinajstić information content (AvgIpc) is 3.56. The van der Waals surface area contributed by atoms with Crippen molar-refractivity contribution < 1.29 is 23.1 Å². The lowest BCUT2D eigenvalue weighted by atomic mass is 9.33. The van der Waals surface area contributed by atoms with Gasteiger partial charge in [0, 0.05) is 44.0 Å². The summed E-state index contributed by atoms with van der Waals surface area (Å²) >= 11 is 6.05. The Balaban J connectivity index is 0.991. The van der Waals surface area contributed by atoms with Crippen LogP contribution < -0.4 is 10.1 Å². The summed E-state index contributed by atoms with van der Waals surface area (Å²) in [5.41, 5.74) is 4.23. The highest BCUT2D eigenvalue weighted by molar-refractivity contribution is 7.91. The lowest BCUT2D eigenvalue weighted by molar-refractivity contribution is -0.221. The van der Waals surface area contributed by atoms with Crippen molar-refractivity contribution in [1.29, 1.82) is 0 Å². The van der Waals surface area contributed by atoms with Gasteiger partial charge in [-0.2, -0.15) is 0 Å². The monoisotopic (exact) mass is 849 g/mol. The maximum absolute atomic E-state index is 12.8. The number of ether oxygens (including phenoxy) is 1. The van der Waals surface area contributed by atoms with Crippen molar-refractivity contribution in [2.75, 3.05) is 44.3 Å². The second-order valence-corrected chi connectivity index (χ2v) is 24.4. The smallest absolute Gasteiger partial charge is 0.310 e. The normalized spacial score (nSPS) is 41.3. The molecule has 4 saturated carbocycles. The van der Waals surface area contributed by atoms with Gasteiger partial charge in [-0.1, -0.05) is 70.5 Å². The zero-order valence-corrected chi connectivity index (χ0v) is 38.5. The third kappa shape index (κ3) is 7.29. The highest BCUT2D eigenvalue weighted by atomic mass is 35.5. The summed E-state index contributed by atoms with van der Waals surface area (Å²) in [6.45, 7) is 23.5. The van der Waals surface area contributed by atoms with Crippen LogP contribution in [-0.4, -0.2) is 79.2 Å². The van der Waals surface area contributed by atoms with Gasteiger partial charge < -0.3 is 20.1 Å². The fourth-order valence-electron chi connectivity index (χ4n) is 15.6. The first kappa shape index (κ1) is 43.4. The van der Waals surface area contributed by atoms with Gasteiger partial charge in [-0.25, -0.2) is 13.4 Å². The minimum absolute atomic E-state index is 0.00550. The van der Waals surface area contributed by atoms with Gasteiger partial charge in [0.05, 0.1) is 23.5 Å². The van der Waals surface area contributed by atoms with E-state index >= 15 is 0 Å². The Kier molecular flexibility index (Phi) is 11.5. The summed E-state index contributed by atoms with van der Waals surface area (Å²) < 4.78 is 30.1. The third-order valence-corrected chi connectivity index (χ3v) is 20.8. The predicted molar refractivity (Wildman–Crippen MR) is 237 cm³/mol. The van der Waals surface area contributed by atoms with E-state index in [2.05, 4.69) is 75.5 Å². The van der Waals surface area contributed by atoms with Crippen LogP contribution in [0.5, 0.6) is 5.75 Å². The number of hydrogen-bond acceptors (Lipinski definition) is 7. The van der Waals surface area contributed by atoms with E-state index in [1.54, 1.807) is 18.3 Å². The quantitative estimate of drug-likeness (QED) is 0.167. The van der Waals surface area contributed by atoms with Crippen LogP contribution >= 0.6 is 11.6 Å². The Hall–Kier alpha value is -2.20. The number of halogens is 1. The molecule has 2 heterocycles. The Morgan fingerprint density at radius 1 is 0.983 bits per heavy atom. The first-order valence-electron chi connectivity index (χ1n) is 23.0. The Morgan fingerprint density at radius 3 is 2.42 bits per heavy atom. The number of rotatable bonds is 11. The number of hydrogen-bond donors (Lipinski definition) is 2. The van der Waals surface area contributed by atoms with Gasteiger partial charge in [0.15, 0.2) is 9.84 Å². The Labute approximate surface area is 360 Å². The lowest BCUT2D eigenvalue weighted by Gasteiger charge is -2.72. The second-order valence-electron chi connectivity index (χ2n) is 21.7. The molecule has 1 unspecified atom stereocenters. The minimum Gasteiger partial charge on any atom is -0.493 e. The van der Waals surface area contributed by atoms with Crippen LogP contribution in [0, 0.1) is 56.7 Å². The van der Waals surface area contributed by atoms with Gasteiger partial charge in [-0.15, -0.1) is 0 Å². The van der Waals surface area contributed by atoms with Crippen LogP contribution in [-0.2, 0) is 14.6 Å². The van der Waals surface area contributed by atoms with E-state index in [0.29, 0.717) is 91.0 Å². The molecule has 1 aromatic heterocycles. The molecule has 0 radical (unpaired) electrons. The standard InChI is InChI=1S/C49H72ClN3O5S/c1-33(2)36-12-20-49(52-25-26-53-27-30-59(56,57)31-28-53)22-21-46(6)38(42(36)49)8-9-40-45(5)16-13-37(44(3,4)39(45)14-17-47(40,46)7)34-10-18-48(19-11-34,43(54)55)23-29-58-35-15-24-51-41(50)32-35/h10,13,15,24,32,36,38-40,42,52H,1,8-9,11-12,14,16-23,25-31H2,2-7H3,(H,54,55)/t36-,38+,39-,40+,42+,45-,46+,47+,48?,49-/m0/s1. The van der Waals surface area contributed by atoms with Crippen molar-refractivity contribution in [2.24, 2.45) is 56.7 Å². The van der Waals surface area contributed by atoms with Gasteiger partial charge in [-0.05, 0) is 159 Å². The van der Waals surface area contributed by atoms with Crippen molar-refractivity contribution in [2.45, 2.75) is 131 Å². The first-order chi connectivity index (χ1) is 27.8. The van der Waals surface area contributed by atoms with Crippen LogP contribution in [0.25, 0.3) is 0 Å². The summed E-state index contributed by atoms with van der Waals surface area (Å²) in [6, 6.07) is 3.43. The molecule has 0 amide bonds. The molecule has 6 aliphatic carbocycles. The third-order valence-electron chi connectivity index (χ3n) is 18.9. The molecule has 1 aliphatic heterocycles. The number of carboxylic acid groups (broad SMARTS) is 1. The summed E-state index contributed by atoms with van der Waals surface area (Å²) in [6.07, 6.45) is 20.0. The van der Waals surface area contributed by atoms with Crippen molar-refractivity contribution in [3.8, 4) is 5.75 Å². The summed E-state index contributed by atoms with van der Waals surface area (Å²) in [5.74, 6) is 3.50. The number of aromatic nitrogens is 1. The van der Waals surface area contributed by atoms with Crippen LogP contribution in [0.4, 0.5) is 0 Å². The number of aliphatic carboxylic acids is 1. The van der Waals surface area contributed by atoms with Gasteiger partial charge in [0.1, 0.15) is 10.9 Å². The zero-order chi connectivity index (χ0) is 42.2. The number of nitrogens with zero attached hydrogens (tertiary/aromatic N) is 2. The molecule has 7 aliphatic rings. The van der Waals surface area contributed by atoms with Gasteiger partial charge >= 0.3 is 5.97 Å². The second kappa shape index (κ2) is 15.6. The molecule has 10 heteroatoms. The Morgan fingerprint density at radius 2 is 1.75 bits per heavy atom.